The third-order valence-corrected chi connectivity index (χ3v) is 3.68. The van der Waals surface area contributed by atoms with Gasteiger partial charge < -0.3 is 0 Å². The van der Waals surface area contributed by atoms with Crippen LogP contribution >= 0.6 is 15.9 Å². The smallest absolute Gasteiger partial charge is 0.0991 e. The van der Waals surface area contributed by atoms with Crippen LogP contribution < -0.4 is 0 Å². The molecule has 0 N–H and O–H groups in total. The second-order valence-electron chi connectivity index (χ2n) is 3.65. The van der Waals surface area contributed by atoms with E-state index in [4.69, 9.17) is 5.26 Å². The molecule has 0 saturated heterocycles. The molecule has 2 unspecified atom stereocenters. The Morgan fingerprint density at radius 1 is 1.29 bits per heavy atom. The zero-order chi connectivity index (χ0) is 10.6. The Bertz CT molecular complexity index is 323. The van der Waals surface area contributed by atoms with Crippen molar-refractivity contribution in [1.82, 2.24) is 0 Å². The van der Waals surface area contributed by atoms with Crippen LogP contribution in [-0.4, -0.2) is 5.33 Å². The molecule has 2 atom stereocenters. The first-order chi connectivity index (χ1) is 6.69. The molecule has 0 bridgehead atoms. The molecule has 0 heterocycles. The maximum absolute atomic E-state index is 8.66. The largest absolute Gasteiger partial charge is 0.192 e. The number of nitrogens with zero attached hydrogens (tertiary/aromatic N) is 1. The van der Waals surface area contributed by atoms with Crippen molar-refractivity contribution in [1.29, 1.82) is 5.26 Å². The molecule has 1 aromatic rings. The van der Waals surface area contributed by atoms with E-state index in [1.807, 2.05) is 24.3 Å². The van der Waals surface area contributed by atoms with Crippen LogP contribution in [0.25, 0.3) is 0 Å². The first-order valence-electron chi connectivity index (χ1n) is 4.75. The molecule has 0 fully saturated rings. The Hall–Kier alpha value is -0.810. The van der Waals surface area contributed by atoms with Crippen molar-refractivity contribution >= 4 is 15.9 Å². The molecular weight excluding hydrogens is 238 g/mol. The maximum Gasteiger partial charge on any atom is 0.0991 e. The van der Waals surface area contributed by atoms with Gasteiger partial charge in [-0.1, -0.05) is 41.9 Å². The fourth-order valence-electron chi connectivity index (χ4n) is 1.32. The average Bonchev–Trinajstić information content (AvgIpc) is 2.27. The predicted octanol–water partition coefficient (Wildman–Crippen LogP) is 3.69. The molecule has 1 nitrogen and oxygen atoms in total. The van der Waals surface area contributed by atoms with Crippen LogP contribution in [0.2, 0.25) is 0 Å². The predicted molar refractivity (Wildman–Crippen MR) is 62.5 cm³/mol. The van der Waals surface area contributed by atoms with E-state index in [1.165, 1.54) is 5.56 Å². The second-order valence-corrected chi connectivity index (χ2v) is 4.30. The summed E-state index contributed by atoms with van der Waals surface area (Å²) in [7, 11) is 0. The Balaban J connectivity index is 2.82. The number of alkyl halides is 1. The van der Waals surface area contributed by atoms with Gasteiger partial charge in [0.2, 0.25) is 0 Å². The fraction of sp³-hybridized carbons (Fsp3) is 0.417. The molecule has 0 amide bonds. The lowest BCUT2D eigenvalue weighted by molar-refractivity contribution is 0.547. The standard InChI is InChI=1S/C12H14BrN/c1-9(7-13)10(2)12-5-3-11(8-14)4-6-12/h3-6,9-10H,7H2,1-2H3. The lowest BCUT2D eigenvalue weighted by Gasteiger charge is -2.17. The first kappa shape index (κ1) is 11.3. The molecule has 0 radical (unpaired) electrons. The van der Waals surface area contributed by atoms with Crippen molar-refractivity contribution in [3.8, 4) is 6.07 Å². The SMILES string of the molecule is CC(CBr)C(C)c1ccc(C#N)cc1. The first-order valence-corrected chi connectivity index (χ1v) is 5.87. The molecule has 1 rings (SSSR count). The van der Waals surface area contributed by atoms with Crippen molar-refractivity contribution in [2.75, 3.05) is 5.33 Å². The number of hydrogen-bond acceptors (Lipinski definition) is 1. The molecule has 0 saturated carbocycles. The quantitative estimate of drug-likeness (QED) is 0.752. The highest BCUT2D eigenvalue weighted by Crippen LogP contribution is 2.25. The molecule has 14 heavy (non-hydrogen) atoms. The zero-order valence-electron chi connectivity index (χ0n) is 8.50. The summed E-state index contributed by atoms with van der Waals surface area (Å²) in [5.41, 5.74) is 2.03. The minimum absolute atomic E-state index is 0.530. The molecule has 1 aromatic carbocycles. The monoisotopic (exact) mass is 251 g/mol. The Labute approximate surface area is 93.9 Å². The number of nitriles is 1. The summed E-state index contributed by atoms with van der Waals surface area (Å²) in [6, 6.07) is 9.98. The molecule has 74 valence electrons. The van der Waals surface area contributed by atoms with Crippen LogP contribution in [0.4, 0.5) is 0 Å². The highest BCUT2D eigenvalue weighted by molar-refractivity contribution is 9.09. The van der Waals surface area contributed by atoms with Gasteiger partial charge in [0.15, 0.2) is 0 Å². The third-order valence-electron chi connectivity index (χ3n) is 2.66. The van der Waals surface area contributed by atoms with Crippen LogP contribution in [0.3, 0.4) is 0 Å². The molecule has 0 spiro atoms. The summed E-state index contributed by atoms with van der Waals surface area (Å²) in [5.74, 6) is 1.14. The van der Waals surface area contributed by atoms with Gasteiger partial charge in [0.1, 0.15) is 0 Å². The van der Waals surface area contributed by atoms with Crippen LogP contribution in [0.1, 0.15) is 30.9 Å². The van der Waals surface area contributed by atoms with E-state index < -0.39 is 0 Å². The van der Waals surface area contributed by atoms with E-state index in [1.54, 1.807) is 0 Å². The Morgan fingerprint density at radius 2 is 1.86 bits per heavy atom. The number of halogens is 1. The van der Waals surface area contributed by atoms with E-state index in [0.717, 1.165) is 10.9 Å². The summed E-state index contributed by atoms with van der Waals surface area (Å²) in [5, 5.41) is 9.67. The summed E-state index contributed by atoms with van der Waals surface area (Å²) in [6.45, 7) is 4.44. The van der Waals surface area contributed by atoms with Crippen molar-refractivity contribution in [3.05, 3.63) is 35.4 Å². The van der Waals surface area contributed by atoms with Gasteiger partial charge in [0.05, 0.1) is 11.6 Å². The highest BCUT2D eigenvalue weighted by atomic mass is 79.9. The van der Waals surface area contributed by atoms with Gasteiger partial charge in [-0.25, -0.2) is 0 Å². The second kappa shape index (κ2) is 5.17. The van der Waals surface area contributed by atoms with Gasteiger partial charge in [-0.3, -0.25) is 0 Å². The van der Waals surface area contributed by atoms with Crippen molar-refractivity contribution in [3.63, 3.8) is 0 Å². The molecule has 0 aliphatic rings. The van der Waals surface area contributed by atoms with E-state index in [2.05, 4.69) is 35.8 Å². The number of benzene rings is 1. The molecule has 0 aliphatic carbocycles. The van der Waals surface area contributed by atoms with Gasteiger partial charge in [0.25, 0.3) is 0 Å². The number of hydrogen-bond donors (Lipinski definition) is 0. The molecule has 2 heteroatoms. The fourth-order valence-corrected chi connectivity index (χ4v) is 1.88. The summed E-state index contributed by atoms with van der Waals surface area (Å²) in [6.07, 6.45) is 0. The van der Waals surface area contributed by atoms with E-state index in [0.29, 0.717) is 11.8 Å². The maximum atomic E-state index is 8.66. The van der Waals surface area contributed by atoms with Crippen molar-refractivity contribution < 1.29 is 0 Å². The summed E-state index contributed by atoms with van der Waals surface area (Å²) in [4.78, 5) is 0. The van der Waals surface area contributed by atoms with E-state index in [9.17, 15) is 0 Å². The van der Waals surface area contributed by atoms with Crippen LogP contribution in [-0.2, 0) is 0 Å². The van der Waals surface area contributed by atoms with Gasteiger partial charge >= 0.3 is 0 Å². The van der Waals surface area contributed by atoms with Gasteiger partial charge in [-0.05, 0) is 29.5 Å². The number of rotatable bonds is 3. The third kappa shape index (κ3) is 2.59. The Morgan fingerprint density at radius 3 is 2.29 bits per heavy atom. The van der Waals surface area contributed by atoms with E-state index >= 15 is 0 Å². The summed E-state index contributed by atoms with van der Waals surface area (Å²) < 4.78 is 0. The van der Waals surface area contributed by atoms with E-state index in [-0.39, 0.29) is 0 Å². The summed E-state index contributed by atoms with van der Waals surface area (Å²) >= 11 is 3.49. The minimum Gasteiger partial charge on any atom is -0.192 e. The van der Waals surface area contributed by atoms with Crippen molar-refractivity contribution in [2.24, 2.45) is 5.92 Å². The van der Waals surface area contributed by atoms with Crippen LogP contribution in [0.5, 0.6) is 0 Å². The average molecular weight is 252 g/mol. The van der Waals surface area contributed by atoms with Crippen LogP contribution in [0.15, 0.2) is 24.3 Å². The Kier molecular flexibility index (Phi) is 4.16. The highest BCUT2D eigenvalue weighted by Gasteiger charge is 2.12. The van der Waals surface area contributed by atoms with Crippen molar-refractivity contribution in [2.45, 2.75) is 19.8 Å². The molecule has 0 aromatic heterocycles. The minimum atomic E-state index is 0.530. The zero-order valence-corrected chi connectivity index (χ0v) is 10.1. The normalized spacial score (nSPS) is 14.4. The van der Waals surface area contributed by atoms with Gasteiger partial charge in [0, 0.05) is 5.33 Å². The topological polar surface area (TPSA) is 23.8 Å². The van der Waals surface area contributed by atoms with Gasteiger partial charge in [-0.2, -0.15) is 5.26 Å². The van der Waals surface area contributed by atoms with Crippen LogP contribution in [0, 0.1) is 17.2 Å². The molecular formula is C12H14BrN. The lowest BCUT2D eigenvalue weighted by Crippen LogP contribution is -2.07. The molecule has 0 aliphatic heterocycles. The van der Waals surface area contributed by atoms with Gasteiger partial charge in [-0.15, -0.1) is 0 Å². The lowest BCUT2D eigenvalue weighted by atomic mass is 9.90.